The molecule has 1 rings (SSSR count). The van der Waals surface area contributed by atoms with E-state index in [1.807, 2.05) is 13.8 Å². The van der Waals surface area contributed by atoms with Gasteiger partial charge in [0.25, 0.3) is 0 Å². The summed E-state index contributed by atoms with van der Waals surface area (Å²) >= 11 is 0. The Bertz CT molecular complexity index is 374. The van der Waals surface area contributed by atoms with Crippen molar-refractivity contribution in [1.82, 2.24) is 5.32 Å². The van der Waals surface area contributed by atoms with Gasteiger partial charge in [-0.05, 0) is 26.0 Å². The van der Waals surface area contributed by atoms with Gasteiger partial charge in [0, 0.05) is 6.04 Å². The molecule has 3 nitrogen and oxygen atoms in total. The number of para-hydroxylation sites is 1. The highest BCUT2D eigenvalue weighted by atomic mass is 19.1. The molecule has 86 valence electrons. The van der Waals surface area contributed by atoms with Gasteiger partial charge >= 0.3 is 0 Å². The monoisotopic (exact) mass is 222 g/mol. The zero-order valence-electron chi connectivity index (χ0n) is 9.40. The SMILES string of the molecule is CC(C)NC(C#N)COc1ccccc1F. The van der Waals surface area contributed by atoms with E-state index in [0.717, 1.165) is 0 Å². The first kappa shape index (κ1) is 12.5. The van der Waals surface area contributed by atoms with Crippen molar-refractivity contribution in [2.24, 2.45) is 0 Å². The van der Waals surface area contributed by atoms with Gasteiger partial charge in [0.2, 0.25) is 0 Å². The van der Waals surface area contributed by atoms with Crippen LogP contribution in [0.25, 0.3) is 0 Å². The van der Waals surface area contributed by atoms with Crippen molar-refractivity contribution in [3.8, 4) is 11.8 Å². The summed E-state index contributed by atoms with van der Waals surface area (Å²) in [6.07, 6.45) is 0. The number of benzene rings is 1. The molecule has 0 bridgehead atoms. The molecule has 0 amide bonds. The number of hydrogen-bond acceptors (Lipinski definition) is 3. The second kappa shape index (κ2) is 6.09. The highest BCUT2D eigenvalue weighted by Crippen LogP contribution is 2.15. The third-order valence-electron chi connectivity index (χ3n) is 1.93. The Kier molecular flexibility index (Phi) is 4.74. The fourth-order valence-electron chi connectivity index (χ4n) is 1.26. The van der Waals surface area contributed by atoms with Gasteiger partial charge in [0.15, 0.2) is 11.6 Å². The first-order valence-corrected chi connectivity index (χ1v) is 5.16. The summed E-state index contributed by atoms with van der Waals surface area (Å²) < 4.78 is 18.4. The van der Waals surface area contributed by atoms with Gasteiger partial charge in [-0.2, -0.15) is 5.26 Å². The van der Waals surface area contributed by atoms with Gasteiger partial charge in [-0.1, -0.05) is 12.1 Å². The van der Waals surface area contributed by atoms with Gasteiger partial charge < -0.3 is 4.74 Å². The van der Waals surface area contributed by atoms with Crippen molar-refractivity contribution in [3.05, 3.63) is 30.1 Å². The lowest BCUT2D eigenvalue weighted by Gasteiger charge is -2.15. The zero-order valence-corrected chi connectivity index (χ0v) is 9.40. The summed E-state index contributed by atoms with van der Waals surface area (Å²) in [4.78, 5) is 0. The van der Waals surface area contributed by atoms with Crippen molar-refractivity contribution >= 4 is 0 Å². The Hall–Kier alpha value is -1.60. The molecule has 0 aliphatic carbocycles. The molecule has 1 atom stereocenters. The standard InChI is InChI=1S/C12H15FN2O/c1-9(2)15-10(7-14)8-16-12-6-4-3-5-11(12)13/h3-6,9-10,15H,8H2,1-2H3. The number of nitrogens with zero attached hydrogens (tertiary/aromatic N) is 1. The van der Waals surface area contributed by atoms with Crippen LogP contribution in [0.1, 0.15) is 13.8 Å². The van der Waals surface area contributed by atoms with E-state index in [1.54, 1.807) is 18.2 Å². The van der Waals surface area contributed by atoms with E-state index >= 15 is 0 Å². The molecule has 1 aromatic carbocycles. The molecule has 0 saturated heterocycles. The van der Waals surface area contributed by atoms with Crippen molar-refractivity contribution < 1.29 is 9.13 Å². The van der Waals surface area contributed by atoms with Gasteiger partial charge in [0.05, 0.1) is 6.07 Å². The average molecular weight is 222 g/mol. The van der Waals surface area contributed by atoms with Gasteiger partial charge in [-0.3, -0.25) is 5.32 Å². The minimum Gasteiger partial charge on any atom is -0.488 e. The second-order valence-electron chi connectivity index (χ2n) is 3.74. The van der Waals surface area contributed by atoms with Crippen molar-refractivity contribution in [3.63, 3.8) is 0 Å². The van der Waals surface area contributed by atoms with E-state index in [2.05, 4.69) is 11.4 Å². The summed E-state index contributed by atoms with van der Waals surface area (Å²) in [6, 6.07) is 7.97. The number of nitrogens with one attached hydrogen (secondary N) is 1. The lowest BCUT2D eigenvalue weighted by molar-refractivity contribution is 0.270. The number of hydrogen-bond donors (Lipinski definition) is 1. The Morgan fingerprint density at radius 1 is 1.44 bits per heavy atom. The molecular formula is C12H15FN2O. The first-order valence-electron chi connectivity index (χ1n) is 5.16. The molecule has 0 fully saturated rings. The van der Waals surface area contributed by atoms with Crippen LogP contribution in [-0.4, -0.2) is 18.7 Å². The minimum absolute atomic E-state index is 0.135. The second-order valence-corrected chi connectivity index (χ2v) is 3.74. The van der Waals surface area contributed by atoms with Crippen molar-refractivity contribution in [2.45, 2.75) is 25.9 Å². The van der Waals surface area contributed by atoms with Crippen LogP contribution in [0.15, 0.2) is 24.3 Å². The largest absolute Gasteiger partial charge is 0.488 e. The maximum absolute atomic E-state index is 13.2. The zero-order chi connectivity index (χ0) is 12.0. The van der Waals surface area contributed by atoms with Crippen LogP contribution in [0.3, 0.4) is 0 Å². The van der Waals surface area contributed by atoms with Crippen LogP contribution < -0.4 is 10.1 Å². The minimum atomic E-state index is -0.431. The molecule has 0 heterocycles. The summed E-state index contributed by atoms with van der Waals surface area (Å²) in [6.45, 7) is 4.01. The topological polar surface area (TPSA) is 45.0 Å². The lowest BCUT2D eigenvalue weighted by Crippen LogP contribution is -2.38. The maximum atomic E-state index is 13.2. The van der Waals surface area contributed by atoms with E-state index in [-0.39, 0.29) is 18.4 Å². The average Bonchev–Trinajstić information content (AvgIpc) is 2.25. The van der Waals surface area contributed by atoms with E-state index in [9.17, 15) is 4.39 Å². The fourth-order valence-corrected chi connectivity index (χ4v) is 1.26. The molecule has 4 heteroatoms. The number of ether oxygens (including phenoxy) is 1. The van der Waals surface area contributed by atoms with Crippen LogP contribution >= 0.6 is 0 Å². The third kappa shape index (κ3) is 3.87. The summed E-state index contributed by atoms with van der Waals surface area (Å²) in [5, 5.41) is 11.8. The number of rotatable bonds is 5. The van der Waals surface area contributed by atoms with E-state index in [1.165, 1.54) is 6.07 Å². The highest BCUT2D eigenvalue weighted by Gasteiger charge is 2.10. The highest BCUT2D eigenvalue weighted by molar-refractivity contribution is 5.23. The molecule has 1 aromatic rings. The van der Waals surface area contributed by atoms with Gasteiger partial charge in [0.1, 0.15) is 12.6 Å². The quantitative estimate of drug-likeness (QED) is 0.829. The van der Waals surface area contributed by atoms with Crippen LogP contribution in [0.4, 0.5) is 4.39 Å². The molecule has 0 saturated carbocycles. The Labute approximate surface area is 94.8 Å². The molecule has 0 spiro atoms. The Morgan fingerprint density at radius 3 is 2.69 bits per heavy atom. The smallest absolute Gasteiger partial charge is 0.165 e. The van der Waals surface area contributed by atoms with Crippen LogP contribution in [0.5, 0.6) is 5.75 Å². The van der Waals surface area contributed by atoms with Crippen molar-refractivity contribution in [2.75, 3.05) is 6.61 Å². The summed E-state index contributed by atoms with van der Waals surface area (Å²) in [5.41, 5.74) is 0. The molecule has 16 heavy (non-hydrogen) atoms. The van der Waals surface area contributed by atoms with Crippen molar-refractivity contribution in [1.29, 1.82) is 5.26 Å². The molecule has 1 unspecified atom stereocenters. The van der Waals surface area contributed by atoms with Crippen LogP contribution in [0, 0.1) is 17.1 Å². The molecule has 0 aliphatic heterocycles. The van der Waals surface area contributed by atoms with E-state index in [0.29, 0.717) is 0 Å². The Balaban J connectivity index is 2.50. The fraction of sp³-hybridized carbons (Fsp3) is 0.417. The van der Waals surface area contributed by atoms with Crippen LogP contribution in [-0.2, 0) is 0 Å². The predicted molar refractivity (Wildman–Crippen MR) is 59.6 cm³/mol. The number of halogens is 1. The molecule has 0 aromatic heterocycles. The van der Waals surface area contributed by atoms with Crippen LogP contribution in [0.2, 0.25) is 0 Å². The first-order chi connectivity index (χ1) is 7.63. The Morgan fingerprint density at radius 2 is 2.12 bits per heavy atom. The molecular weight excluding hydrogens is 207 g/mol. The number of nitriles is 1. The molecule has 0 radical (unpaired) electrons. The van der Waals surface area contributed by atoms with E-state index in [4.69, 9.17) is 10.00 Å². The predicted octanol–water partition coefficient (Wildman–Crippen LogP) is 2.09. The van der Waals surface area contributed by atoms with E-state index < -0.39 is 11.9 Å². The van der Waals surface area contributed by atoms with Gasteiger partial charge in [-0.15, -0.1) is 0 Å². The normalized spacial score (nSPS) is 12.2. The third-order valence-corrected chi connectivity index (χ3v) is 1.93. The van der Waals surface area contributed by atoms with Gasteiger partial charge in [-0.25, -0.2) is 4.39 Å². The maximum Gasteiger partial charge on any atom is 0.165 e. The summed E-state index contributed by atoms with van der Waals surface area (Å²) in [7, 11) is 0. The molecule has 1 N–H and O–H groups in total. The summed E-state index contributed by atoms with van der Waals surface area (Å²) in [5.74, 6) is -0.239. The molecule has 0 aliphatic rings. The lowest BCUT2D eigenvalue weighted by atomic mass is 10.3.